The lowest BCUT2D eigenvalue weighted by molar-refractivity contribution is 1.18. The Balaban J connectivity index is 2.28. The first-order chi connectivity index (χ1) is 8.06. The molecule has 0 amide bonds. The first kappa shape index (κ1) is 13.1. The number of aromatic nitrogens is 1. The van der Waals surface area contributed by atoms with Gasteiger partial charge in [0.1, 0.15) is 5.82 Å². The van der Waals surface area contributed by atoms with Gasteiger partial charge in [-0.1, -0.05) is 11.6 Å². The maximum atomic E-state index is 5.91. The van der Waals surface area contributed by atoms with Crippen LogP contribution in [0.2, 0.25) is 5.02 Å². The summed E-state index contributed by atoms with van der Waals surface area (Å²) in [6.45, 7) is 1.96. The number of nitrogens with zero attached hydrogens (tertiary/aromatic N) is 1. The fraction of sp³-hybridized carbons (Fsp3) is 0.0833. The molecule has 0 saturated heterocycles. The van der Waals surface area contributed by atoms with E-state index in [1.807, 2.05) is 37.3 Å². The van der Waals surface area contributed by atoms with Crippen molar-refractivity contribution in [1.29, 1.82) is 0 Å². The highest BCUT2D eigenvalue weighted by molar-refractivity contribution is 14.1. The molecular formula is C12H9BrClIN2. The Hall–Kier alpha value is -0.330. The molecule has 0 aliphatic rings. The van der Waals surface area contributed by atoms with Gasteiger partial charge >= 0.3 is 0 Å². The van der Waals surface area contributed by atoms with Gasteiger partial charge in [-0.2, -0.15) is 0 Å². The van der Waals surface area contributed by atoms with E-state index in [9.17, 15) is 0 Å². The van der Waals surface area contributed by atoms with E-state index < -0.39 is 0 Å². The van der Waals surface area contributed by atoms with Crippen LogP contribution in [0.25, 0.3) is 0 Å². The van der Waals surface area contributed by atoms with Crippen LogP contribution < -0.4 is 5.32 Å². The highest BCUT2D eigenvalue weighted by atomic mass is 127. The van der Waals surface area contributed by atoms with E-state index in [1.54, 1.807) is 0 Å². The fourth-order valence-electron chi connectivity index (χ4n) is 1.34. The molecule has 17 heavy (non-hydrogen) atoms. The van der Waals surface area contributed by atoms with Crippen molar-refractivity contribution in [3.05, 3.63) is 49.1 Å². The molecule has 0 unspecified atom stereocenters. The topological polar surface area (TPSA) is 24.9 Å². The van der Waals surface area contributed by atoms with Crippen LogP contribution in [0.15, 0.2) is 34.8 Å². The Morgan fingerprint density at radius 1 is 1.29 bits per heavy atom. The molecule has 0 saturated carbocycles. The summed E-state index contributed by atoms with van der Waals surface area (Å²) in [5, 5.41) is 4.01. The predicted molar refractivity (Wildman–Crippen MR) is 84.1 cm³/mol. The van der Waals surface area contributed by atoms with Gasteiger partial charge in [0.05, 0.1) is 11.4 Å². The average molecular weight is 423 g/mol. The summed E-state index contributed by atoms with van der Waals surface area (Å²) in [7, 11) is 0. The van der Waals surface area contributed by atoms with Gasteiger partial charge in [0.25, 0.3) is 0 Å². The standard InChI is InChI=1S/C12H9BrClIN2/c1-7-9(13)3-5-12(16-7)17-11-4-2-8(14)6-10(11)15/h2-6H,1H3,(H,16,17). The molecule has 2 nitrogen and oxygen atoms in total. The number of aryl methyl sites for hydroxylation is 1. The summed E-state index contributed by atoms with van der Waals surface area (Å²) in [5.74, 6) is 0.825. The van der Waals surface area contributed by atoms with E-state index in [4.69, 9.17) is 11.6 Å². The van der Waals surface area contributed by atoms with Crippen molar-refractivity contribution >= 4 is 61.6 Å². The summed E-state index contributed by atoms with van der Waals surface area (Å²) in [6, 6.07) is 9.63. The van der Waals surface area contributed by atoms with Crippen LogP contribution in [0.5, 0.6) is 0 Å². The van der Waals surface area contributed by atoms with Gasteiger partial charge in [0.15, 0.2) is 0 Å². The van der Waals surface area contributed by atoms with Crippen LogP contribution in [0, 0.1) is 10.5 Å². The van der Waals surface area contributed by atoms with Crippen LogP contribution in [0.3, 0.4) is 0 Å². The zero-order valence-electron chi connectivity index (χ0n) is 8.97. The van der Waals surface area contributed by atoms with Crippen LogP contribution in [-0.2, 0) is 0 Å². The smallest absolute Gasteiger partial charge is 0.130 e. The molecule has 0 spiro atoms. The molecule has 0 fully saturated rings. The first-order valence-electron chi connectivity index (χ1n) is 4.91. The second-order valence-electron chi connectivity index (χ2n) is 3.51. The second kappa shape index (κ2) is 5.54. The Bertz CT molecular complexity index is 560. The minimum absolute atomic E-state index is 0.736. The van der Waals surface area contributed by atoms with Gasteiger partial charge in [-0.15, -0.1) is 0 Å². The van der Waals surface area contributed by atoms with Crippen molar-refractivity contribution < 1.29 is 0 Å². The van der Waals surface area contributed by atoms with Crippen LogP contribution in [-0.4, -0.2) is 4.98 Å². The first-order valence-corrected chi connectivity index (χ1v) is 7.16. The van der Waals surface area contributed by atoms with Gasteiger partial charge in [-0.25, -0.2) is 4.98 Å². The molecule has 0 aliphatic heterocycles. The summed E-state index contributed by atoms with van der Waals surface area (Å²) in [6.07, 6.45) is 0. The zero-order valence-corrected chi connectivity index (χ0v) is 13.5. The van der Waals surface area contributed by atoms with Crippen molar-refractivity contribution in [2.24, 2.45) is 0 Å². The lowest BCUT2D eigenvalue weighted by Gasteiger charge is -2.09. The third kappa shape index (κ3) is 3.33. The normalized spacial score (nSPS) is 10.4. The van der Waals surface area contributed by atoms with E-state index in [2.05, 4.69) is 48.8 Å². The molecular weight excluding hydrogens is 414 g/mol. The Kier molecular flexibility index (Phi) is 4.27. The summed E-state index contributed by atoms with van der Waals surface area (Å²) in [4.78, 5) is 4.44. The quantitative estimate of drug-likeness (QED) is 0.676. The number of halogens is 3. The molecule has 5 heteroatoms. The van der Waals surface area contributed by atoms with E-state index in [-0.39, 0.29) is 0 Å². The highest BCUT2D eigenvalue weighted by Gasteiger charge is 2.03. The minimum atomic E-state index is 0.736. The number of pyridine rings is 1. The van der Waals surface area contributed by atoms with E-state index in [0.717, 1.165) is 30.3 Å². The van der Waals surface area contributed by atoms with Crippen LogP contribution in [0.1, 0.15) is 5.69 Å². The highest BCUT2D eigenvalue weighted by Crippen LogP contribution is 2.25. The number of anilines is 2. The third-order valence-electron chi connectivity index (χ3n) is 2.22. The van der Waals surface area contributed by atoms with Crippen molar-refractivity contribution in [3.63, 3.8) is 0 Å². The Labute approximate surface area is 127 Å². The number of hydrogen-bond donors (Lipinski definition) is 1. The SMILES string of the molecule is Cc1nc(Nc2ccc(Cl)cc2I)ccc1Br. The summed E-state index contributed by atoms with van der Waals surface area (Å²) < 4.78 is 2.08. The van der Waals surface area contributed by atoms with Crippen molar-refractivity contribution in [1.82, 2.24) is 4.98 Å². The number of rotatable bonds is 2. The summed E-state index contributed by atoms with van der Waals surface area (Å²) >= 11 is 11.6. The van der Waals surface area contributed by atoms with Gasteiger partial charge in [0, 0.05) is 13.1 Å². The second-order valence-corrected chi connectivity index (χ2v) is 5.97. The zero-order chi connectivity index (χ0) is 12.4. The van der Waals surface area contributed by atoms with Crippen molar-refractivity contribution in [3.8, 4) is 0 Å². The fourth-order valence-corrected chi connectivity index (χ4v) is 2.57. The largest absolute Gasteiger partial charge is 0.339 e. The molecule has 88 valence electrons. The van der Waals surface area contributed by atoms with Crippen molar-refractivity contribution in [2.45, 2.75) is 6.92 Å². The molecule has 2 rings (SSSR count). The number of hydrogen-bond acceptors (Lipinski definition) is 2. The van der Waals surface area contributed by atoms with Gasteiger partial charge < -0.3 is 5.32 Å². The number of nitrogens with one attached hydrogen (secondary N) is 1. The van der Waals surface area contributed by atoms with Crippen LogP contribution in [0.4, 0.5) is 11.5 Å². The lowest BCUT2D eigenvalue weighted by atomic mass is 10.3. The maximum absolute atomic E-state index is 5.91. The molecule has 1 aromatic heterocycles. The van der Waals surface area contributed by atoms with Gasteiger partial charge in [-0.3, -0.25) is 0 Å². The van der Waals surface area contributed by atoms with E-state index in [1.165, 1.54) is 0 Å². The Morgan fingerprint density at radius 3 is 2.71 bits per heavy atom. The molecule has 1 heterocycles. The monoisotopic (exact) mass is 422 g/mol. The molecule has 1 N–H and O–H groups in total. The molecule has 0 aliphatic carbocycles. The van der Waals surface area contributed by atoms with E-state index in [0.29, 0.717) is 0 Å². The average Bonchev–Trinajstić information content (AvgIpc) is 2.27. The lowest BCUT2D eigenvalue weighted by Crippen LogP contribution is -1.97. The molecule has 2 aromatic rings. The van der Waals surface area contributed by atoms with Crippen molar-refractivity contribution in [2.75, 3.05) is 5.32 Å². The minimum Gasteiger partial charge on any atom is -0.339 e. The van der Waals surface area contributed by atoms with Gasteiger partial charge in [-0.05, 0) is 75.8 Å². The Morgan fingerprint density at radius 2 is 2.06 bits per heavy atom. The predicted octanol–water partition coefficient (Wildman–Crippen LogP) is 5.15. The maximum Gasteiger partial charge on any atom is 0.130 e. The summed E-state index contributed by atoms with van der Waals surface area (Å²) in [5.41, 5.74) is 1.96. The number of benzene rings is 1. The van der Waals surface area contributed by atoms with E-state index >= 15 is 0 Å². The molecule has 1 aromatic carbocycles. The van der Waals surface area contributed by atoms with Crippen LogP contribution >= 0.6 is 50.1 Å². The molecule has 0 radical (unpaired) electrons. The van der Waals surface area contributed by atoms with Gasteiger partial charge in [0.2, 0.25) is 0 Å². The third-order valence-corrected chi connectivity index (χ3v) is 4.18. The molecule has 0 atom stereocenters. The molecule has 0 bridgehead atoms.